The van der Waals surface area contributed by atoms with Crippen molar-refractivity contribution < 1.29 is 60.7 Å². The van der Waals surface area contributed by atoms with E-state index in [0.29, 0.717) is 13.0 Å². The summed E-state index contributed by atoms with van der Waals surface area (Å²) in [5.74, 6) is -0.203. The van der Waals surface area contributed by atoms with E-state index in [1.807, 2.05) is 13.8 Å². The SMILES string of the molecule is CC(C)(CNC(=O)CCCN=[N+]=[N-])SSCO[C@@H]1C[C@H](n2ccc(N)nc2=O)O[C@@H]1COP(=O)(O)OP(=O)(O)OP(=O)(O)O. The molecular weight excluding hydrogens is 695 g/mol. The van der Waals surface area contributed by atoms with Crippen LogP contribution in [0, 0.1) is 0 Å². The lowest BCUT2D eigenvalue weighted by Crippen LogP contribution is -2.35. The van der Waals surface area contributed by atoms with Gasteiger partial charge in [0, 0.05) is 41.8 Å². The molecule has 1 saturated heterocycles. The Labute approximate surface area is 258 Å². The Morgan fingerprint density at radius 1 is 1.30 bits per heavy atom. The molecule has 21 nitrogen and oxygen atoms in total. The van der Waals surface area contributed by atoms with Crippen LogP contribution in [0.5, 0.6) is 0 Å². The predicted molar refractivity (Wildman–Crippen MR) is 157 cm³/mol. The molecule has 0 bridgehead atoms. The van der Waals surface area contributed by atoms with Crippen LogP contribution in [0.4, 0.5) is 5.82 Å². The molecule has 26 heteroatoms. The smallest absolute Gasteiger partial charge is 0.383 e. The van der Waals surface area contributed by atoms with Crippen LogP contribution >= 0.6 is 45.1 Å². The molecule has 0 aromatic carbocycles. The van der Waals surface area contributed by atoms with E-state index < -0.39 is 58.9 Å². The minimum atomic E-state index is -5.73. The highest BCUT2D eigenvalue weighted by Crippen LogP contribution is 2.66. The Kier molecular flexibility index (Phi) is 14.8. The van der Waals surface area contributed by atoms with E-state index in [0.717, 1.165) is 4.57 Å². The van der Waals surface area contributed by atoms with E-state index in [9.17, 15) is 33.1 Å². The van der Waals surface area contributed by atoms with Gasteiger partial charge >= 0.3 is 29.2 Å². The second kappa shape index (κ2) is 16.9. The number of rotatable bonds is 19. The van der Waals surface area contributed by atoms with Gasteiger partial charge in [-0.05, 0) is 31.9 Å². The Hall–Kier alpha value is -1.51. The lowest BCUT2D eigenvalue weighted by atomic mass is 10.2. The minimum absolute atomic E-state index is 0.0243. The van der Waals surface area contributed by atoms with Crippen LogP contribution in [0.2, 0.25) is 0 Å². The third-order valence-corrected chi connectivity index (χ3v) is 12.0. The van der Waals surface area contributed by atoms with Crippen LogP contribution < -0.4 is 16.7 Å². The number of amides is 1. The van der Waals surface area contributed by atoms with Crippen LogP contribution in [-0.2, 0) is 41.1 Å². The average molecular weight is 728 g/mol. The summed E-state index contributed by atoms with van der Waals surface area (Å²) in [4.78, 5) is 67.1. The van der Waals surface area contributed by atoms with Crippen molar-refractivity contribution in [3.63, 3.8) is 0 Å². The summed E-state index contributed by atoms with van der Waals surface area (Å²) in [6.07, 6.45) is -1.06. The molecule has 1 aromatic rings. The molecule has 2 rings (SSSR count). The summed E-state index contributed by atoms with van der Waals surface area (Å²) in [6, 6.07) is 1.34. The number of nitrogens with one attached hydrogen (secondary N) is 1. The molecule has 0 saturated carbocycles. The van der Waals surface area contributed by atoms with Gasteiger partial charge in [-0.3, -0.25) is 13.9 Å². The van der Waals surface area contributed by atoms with Gasteiger partial charge < -0.3 is 40.1 Å². The molecule has 1 aliphatic heterocycles. The summed E-state index contributed by atoms with van der Waals surface area (Å²) in [5, 5.41) is 6.17. The number of hydrogen-bond donors (Lipinski definition) is 6. The van der Waals surface area contributed by atoms with Crippen LogP contribution in [0.15, 0.2) is 22.2 Å². The summed E-state index contributed by atoms with van der Waals surface area (Å²) in [6.45, 7) is 3.50. The first-order valence-corrected chi connectivity index (χ1v) is 19.1. The molecule has 5 atom stereocenters. The molecule has 250 valence electrons. The fourth-order valence-corrected chi connectivity index (χ4v) is 8.60. The number of azide groups is 1. The molecule has 44 heavy (non-hydrogen) atoms. The van der Waals surface area contributed by atoms with Crippen molar-refractivity contribution in [2.75, 3.05) is 31.4 Å². The zero-order valence-corrected chi connectivity index (χ0v) is 27.5. The highest BCUT2D eigenvalue weighted by molar-refractivity contribution is 8.77. The number of aromatic nitrogens is 2. The highest BCUT2D eigenvalue weighted by atomic mass is 33.1. The van der Waals surface area contributed by atoms with Crippen molar-refractivity contribution in [2.45, 2.75) is 56.3 Å². The van der Waals surface area contributed by atoms with Gasteiger partial charge in [-0.15, -0.1) is 0 Å². The van der Waals surface area contributed by atoms with Gasteiger partial charge in [0.05, 0.1) is 12.7 Å². The normalized spacial score (nSPS) is 21.6. The number of hydrogen-bond acceptors (Lipinski definition) is 15. The molecule has 2 heterocycles. The maximum absolute atomic E-state index is 12.3. The topological polar surface area (TPSA) is 317 Å². The Morgan fingerprint density at radius 2 is 2.00 bits per heavy atom. The molecular formula is C18H32N7O14P3S2. The first-order valence-electron chi connectivity index (χ1n) is 12.3. The van der Waals surface area contributed by atoms with Crippen molar-refractivity contribution in [1.82, 2.24) is 14.9 Å². The molecule has 1 aromatic heterocycles. The fourth-order valence-electron chi connectivity index (χ4n) is 3.40. The number of anilines is 1. The number of phosphoric acid groups is 3. The van der Waals surface area contributed by atoms with E-state index in [4.69, 9.17) is 35.0 Å². The number of carbonyl (C=O) groups is 1. The van der Waals surface area contributed by atoms with Crippen molar-refractivity contribution in [1.29, 1.82) is 0 Å². The van der Waals surface area contributed by atoms with Crippen molar-refractivity contribution in [3.8, 4) is 0 Å². The number of carbonyl (C=O) groups excluding carboxylic acids is 1. The van der Waals surface area contributed by atoms with Gasteiger partial charge in [0.1, 0.15) is 24.1 Å². The molecule has 0 radical (unpaired) electrons. The predicted octanol–water partition coefficient (Wildman–Crippen LogP) is 2.17. The second-order valence-corrected chi connectivity index (χ2v) is 16.8. The Morgan fingerprint density at radius 3 is 2.64 bits per heavy atom. The number of ether oxygens (including phenoxy) is 2. The van der Waals surface area contributed by atoms with Crippen LogP contribution in [0.1, 0.15) is 39.3 Å². The van der Waals surface area contributed by atoms with Gasteiger partial charge in [0.2, 0.25) is 5.91 Å². The maximum Gasteiger partial charge on any atom is 0.490 e. The Bertz CT molecular complexity index is 1390. The summed E-state index contributed by atoms with van der Waals surface area (Å²) in [7, 11) is -14.1. The van der Waals surface area contributed by atoms with E-state index in [-0.39, 0.29) is 37.1 Å². The highest BCUT2D eigenvalue weighted by Gasteiger charge is 2.43. The van der Waals surface area contributed by atoms with E-state index in [1.54, 1.807) is 0 Å². The molecule has 0 spiro atoms. The molecule has 7 N–H and O–H groups in total. The summed E-state index contributed by atoms with van der Waals surface area (Å²) < 4.78 is 59.1. The Balaban J connectivity index is 1.99. The minimum Gasteiger partial charge on any atom is -0.383 e. The monoisotopic (exact) mass is 727 g/mol. The van der Waals surface area contributed by atoms with Crippen LogP contribution in [0.3, 0.4) is 0 Å². The first-order chi connectivity index (χ1) is 20.3. The van der Waals surface area contributed by atoms with E-state index in [2.05, 4.69) is 28.9 Å². The lowest BCUT2D eigenvalue weighted by molar-refractivity contribution is -0.121. The molecule has 0 aliphatic carbocycles. The standard InChI is InChI=1S/C18H32N7O14P3S2/c1-18(2,10-21-15(26)4-3-6-22-24-20)44-43-11-35-12-8-16(25-7-5-14(19)23-17(25)27)37-13(12)9-36-41(31,32)39-42(33,34)38-40(28,29)30/h5,7,12-13,16H,3-4,6,8-11H2,1-2H3,(H,21,26)(H,31,32)(H,33,34)(H2,19,23,27)(H2,28,29,30)/t12-,13-,16-/m1/s1. The number of nitrogens with zero attached hydrogens (tertiary/aromatic N) is 5. The number of nitrogen functional groups attached to an aromatic ring is 1. The van der Waals surface area contributed by atoms with Gasteiger partial charge in [-0.2, -0.15) is 13.6 Å². The third-order valence-electron chi connectivity index (χ3n) is 5.21. The van der Waals surface area contributed by atoms with Crippen LogP contribution in [0.25, 0.3) is 10.4 Å². The van der Waals surface area contributed by atoms with Crippen molar-refractivity contribution >= 4 is 56.8 Å². The van der Waals surface area contributed by atoms with Gasteiger partial charge in [0.25, 0.3) is 0 Å². The summed E-state index contributed by atoms with van der Waals surface area (Å²) in [5.41, 5.74) is 13.0. The molecule has 2 unspecified atom stereocenters. The average Bonchev–Trinajstić information content (AvgIpc) is 3.27. The number of nitrogens with two attached hydrogens (primary N) is 1. The fraction of sp³-hybridized carbons (Fsp3) is 0.722. The van der Waals surface area contributed by atoms with E-state index >= 15 is 0 Å². The van der Waals surface area contributed by atoms with Crippen LogP contribution in [-0.4, -0.2) is 77.6 Å². The maximum atomic E-state index is 12.3. The summed E-state index contributed by atoms with van der Waals surface area (Å²) >= 11 is 0. The first kappa shape index (κ1) is 38.7. The molecule has 1 amide bonds. The molecule has 1 fully saturated rings. The van der Waals surface area contributed by atoms with Gasteiger partial charge in [0.15, 0.2) is 0 Å². The molecule has 1 aliphatic rings. The largest absolute Gasteiger partial charge is 0.490 e. The zero-order valence-electron chi connectivity index (χ0n) is 23.2. The van der Waals surface area contributed by atoms with Gasteiger partial charge in [-0.25, -0.2) is 18.5 Å². The second-order valence-electron chi connectivity index (χ2n) is 9.41. The van der Waals surface area contributed by atoms with Crippen molar-refractivity contribution in [2.24, 2.45) is 5.11 Å². The van der Waals surface area contributed by atoms with E-state index in [1.165, 1.54) is 33.9 Å². The van der Waals surface area contributed by atoms with Gasteiger partial charge in [-0.1, -0.05) is 26.7 Å². The number of phosphoric ester groups is 1. The quantitative estimate of drug-likeness (QED) is 0.0226. The van der Waals surface area contributed by atoms with Crippen molar-refractivity contribution in [3.05, 3.63) is 33.2 Å². The third kappa shape index (κ3) is 14.7. The zero-order chi connectivity index (χ0) is 33.2. The lowest BCUT2D eigenvalue weighted by Gasteiger charge is -2.24.